The van der Waals surface area contributed by atoms with Crippen LogP contribution in [0.3, 0.4) is 0 Å². The lowest BCUT2D eigenvalue weighted by Gasteiger charge is -2.18. The van der Waals surface area contributed by atoms with Crippen molar-refractivity contribution in [3.05, 3.63) is 85.1 Å². The van der Waals surface area contributed by atoms with Gasteiger partial charge in [-0.3, -0.25) is 14.9 Å². The Hall–Kier alpha value is -2.90. The van der Waals surface area contributed by atoms with Gasteiger partial charge in [0.2, 0.25) is 0 Å². The van der Waals surface area contributed by atoms with Crippen LogP contribution in [0.25, 0.3) is 5.69 Å². The number of carbonyl (C=O) groups is 1. The molecule has 2 aromatic carbocycles. The van der Waals surface area contributed by atoms with Crippen LogP contribution < -0.4 is 0 Å². The van der Waals surface area contributed by atoms with Crippen molar-refractivity contribution in [1.82, 2.24) is 14.7 Å². The predicted octanol–water partition coefficient (Wildman–Crippen LogP) is 4.98. The molecule has 0 spiro atoms. The van der Waals surface area contributed by atoms with Crippen LogP contribution in [0.1, 0.15) is 27.3 Å². The van der Waals surface area contributed by atoms with Crippen molar-refractivity contribution in [1.29, 1.82) is 0 Å². The summed E-state index contributed by atoms with van der Waals surface area (Å²) in [6, 6.07) is 11.1. The van der Waals surface area contributed by atoms with Gasteiger partial charge in [-0.1, -0.05) is 23.2 Å². The van der Waals surface area contributed by atoms with E-state index in [1.807, 2.05) is 13.8 Å². The molecule has 3 rings (SSSR count). The van der Waals surface area contributed by atoms with Gasteiger partial charge in [0.05, 0.1) is 27.0 Å². The van der Waals surface area contributed by atoms with Crippen LogP contribution in [0, 0.1) is 24.0 Å². The molecule has 0 aliphatic carbocycles. The Morgan fingerprint density at radius 2 is 1.83 bits per heavy atom. The van der Waals surface area contributed by atoms with Crippen molar-refractivity contribution >= 4 is 34.8 Å². The van der Waals surface area contributed by atoms with Crippen LogP contribution in [0.15, 0.2) is 42.5 Å². The molecule has 0 saturated heterocycles. The van der Waals surface area contributed by atoms with Gasteiger partial charge in [-0.25, -0.2) is 4.68 Å². The first-order valence-electron chi connectivity index (χ1n) is 8.69. The maximum absolute atomic E-state index is 12.8. The molecule has 0 atom stereocenters. The lowest BCUT2D eigenvalue weighted by Crippen LogP contribution is -2.26. The number of aromatic nitrogens is 2. The molecule has 0 fully saturated rings. The highest BCUT2D eigenvalue weighted by atomic mass is 35.5. The van der Waals surface area contributed by atoms with Gasteiger partial charge in [0.25, 0.3) is 11.6 Å². The summed E-state index contributed by atoms with van der Waals surface area (Å²) in [6.45, 7) is 3.85. The number of benzene rings is 2. The number of nitro groups is 1. The van der Waals surface area contributed by atoms with Gasteiger partial charge >= 0.3 is 0 Å². The standard InChI is InChI=1S/C20H18Cl2N4O3/c1-12-19(22)13(2)25(23-12)16-6-4-14(5-7-16)20(27)24(3)11-15-10-17(26(28)29)8-9-18(15)21/h4-10H,11H2,1-3H3. The van der Waals surface area contributed by atoms with Crippen LogP contribution in [0.4, 0.5) is 5.69 Å². The molecule has 1 amide bonds. The second kappa shape index (κ2) is 8.23. The highest BCUT2D eigenvalue weighted by Gasteiger charge is 2.17. The number of non-ortho nitro benzene ring substituents is 1. The molecule has 0 radical (unpaired) electrons. The SMILES string of the molecule is Cc1nn(-c2ccc(C(=O)N(C)Cc3cc([N+](=O)[O-])ccc3Cl)cc2)c(C)c1Cl. The zero-order valence-electron chi connectivity index (χ0n) is 16.0. The monoisotopic (exact) mass is 432 g/mol. The van der Waals surface area contributed by atoms with E-state index in [2.05, 4.69) is 5.10 Å². The largest absolute Gasteiger partial charge is 0.337 e. The Labute approximate surface area is 177 Å². The minimum absolute atomic E-state index is 0.0712. The van der Waals surface area contributed by atoms with E-state index in [-0.39, 0.29) is 18.1 Å². The van der Waals surface area contributed by atoms with Crippen molar-refractivity contribution in [2.45, 2.75) is 20.4 Å². The highest BCUT2D eigenvalue weighted by molar-refractivity contribution is 6.32. The van der Waals surface area contributed by atoms with E-state index >= 15 is 0 Å². The lowest BCUT2D eigenvalue weighted by molar-refractivity contribution is -0.384. The number of nitro benzene ring substituents is 1. The fourth-order valence-corrected chi connectivity index (χ4v) is 3.26. The molecule has 0 saturated carbocycles. The van der Waals surface area contributed by atoms with E-state index in [1.165, 1.54) is 23.1 Å². The number of nitrogens with zero attached hydrogens (tertiary/aromatic N) is 4. The minimum Gasteiger partial charge on any atom is -0.337 e. The summed E-state index contributed by atoms with van der Waals surface area (Å²) < 4.78 is 1.72. The summed E-state index contributed by atoms with van der Waals surface area (Å²) in [7, 11) is 1.62. The third-order valence-corrected chi connectivity index (χ3v) is 5.47. The van der Waals surface area contributed by atoms with Gasteiger partial charge < -0.3 is 4.90 Å². The second-order valence-electron chi connectivity index (χ2n) is 6.64. The Morgan fingerprint density at radius 1 is 1.17 bits per heavy atom. The quantitative estimate of drug-likeness (QED) is 0.420. The highest BCUT2D eigenvalue weighted by Crippen LogP contribution is 2.25. The molecule has 0 bridgehead atoms. The van der Waals surface area contributed by atoms with Gasteiger partial charge in [-0.2, -0.15) is 5.10 Å². The fourth-order valence-electron chi connectivity index (χ4n) is 2.96. The van der Waals surface area contributed by atoms with Crippen molar-refractivity contribution in [2.24, 2.45) is 0 Å². The molecule has 0 N–H and O–H groups in total. The summed E-state index contributed by atoms with van der Waals surface area (Å²) in [4.78, 5) is 24.7. The van der Waals surface area contributed by atoms with Gasteiger partial charge in [0.1, 0.15) is 0 Å². The Bertz CT molecular complexity index is 1090. The zero-order chi connectivity index (χ0) is 21.3. The smallest absolute Gasteiger partial charge is 0.269 e. The van der Waals surface area contributed by atoms with E-state index in [1.54, 1.807) is 36.0 Å². The Morgan fingerprint density at radius 3 is 2.38 bits per heavy atom. The molecule has 3 aromatic rings. The van der Waals surface area contributed by atoms with Crippen LogP contribution in [-0.4, -0.2) is 32.6 Å². The maximum Gasteiger partial charge on any atom is 0.269 e. The fraction of sp³-hybridized carbons (Fsp3) is 0.200. The van der Waals surface area contributed by atoms with Crippen LogP contribution in [0.2, 0.25) is 10.0 Å². The van der Waals surface area contributed by atoms with Crippen molar-refractivity contribution < 1.29 is 9.72 Å². The Balaban J connectivity index is 1.79. The summed E-state index contributed by atoms with van der Waals surface area (Å²) >= 11 is 12.3. The first-order valence-corrected chi connectivity index (χ1v) is 9.45. The topological polar surface area (TPSA) is 81.3 Å². The number of halogens is 2. The molecule has 0 unspecified atom stereocenters. The average Bonchev–Trinajstić information content (AvgIpc) is 2.96. The first-order chi connectivity index (χ1) is 13.7. The maximum atomic E-state index is 12.8. The van der Waals surface area contributed by atoms with E-state index in [0.717, 1.165) is 17.1 Å². The van der Waals surface area contributed by atoms with Crippen LogP contribution in [-0.2, 0) is 6.54 Å². The summed E-state index contributed by atoms with van der Waals surface area (Å²) in [5.74, 6) is -0.231. The number of aryl methyl sites for hydroxylation is 1. The summed E-state index contributed by atoms with van der Waals surface area (Å²) in [5.41, 5.74) is 3.26. The third kappa shape index (κ3) is 4.26. The summed E-state index contributed by atoms with van der Waals surface area (Å²) in [6.07, 6.45) is 0. The molecule has 1 aromatic heterocycles. The normalized spacial score (nSPS) is 10.8. The van der Waals surface area contributed by atoms with Crippen molar-refractivity contribution in [3.8, 4) is 5.69 Å². The Kier molecular flexibility index (Phi) is 5.91. The van der Waals surface area contributed by atoms with E-state index < -0.39 is 4.92 Å². The van der Waals surface area contributed by atoms with Gasteiger partial charge in [0.15, 0.2) is 0 Å². The molecular formula is C20H18Cl2N4O3. The van der Waals surface area contributed by atoms with E-state index in [4.69, 9.17) is 23.2 Å². The number of carbonyl (C=O) groups excluding carboxylic acids is 1. The molecule has 9 heteroatoms. The van der Waals surface area contributed by atoms with Gasteiger partial charge in [-0.05, 0) is 49.7 Å². The van der Waals surface area contributed by atoms with Crippen molar-refractivity contribution in [2.75, 3.05) is 7.05 Å². The molecule has 150 valence electrons. The predicted molar refractivity (Wildman–Crippen MR) is 112 cm³/mol. The number of hydrogen-bond acceptors (Lipinski definition) is 4. The third-order valence-electron chi connectivity index (χ3n) is 4.56. The summed E-state index contributed by atoms with van der Waals surface area (Å²) in [5, 5.41) is 16.3. The zero-order valence-corrected chi connectivity index (χ0v) is 17.5. The number of amides is 1. The van der Waals surface area contributed by atoms with Crippen LogP contribution >= 0.6 is 23.2 Å². The van der Waals surface area contributed by atoms with E-state index in [0.29, 0.717) is 21.2 Å². The van der Waals surface area contributed by atoms with Crippen LogP contribution in [0.5, 0.6) is 0 Å². The molecule has 0 aliphatic heterocycles. The lowest BCUT2D eigenvalue weighted by atomic mass is 10.1. The molecule has 29 heavy (non-hydrogen) atoms. The average molecular weight is 433 g/mol. The minimum atomic E-state index is -0.494. The second-order valence-corrected chi connectivity index (χ2v) is 7.42. The molecule has 0 aliphatic rings. The van der Waals surface area contributed by atoms with Gasteiger partial charge in [-0.15, -0.1) is 0 Å². The molecule has 7 nitrogen and oxygen atoms in total. The van der Waals surface area contributed by atoms with Gasteiger partial charge in [0, 0.05) is 36.3 Å². The molecular weight excluding hydrogens is 415 g/mol. The van der Waals surface area contributed by atoms with Crippen molar-refractivity contribution in [3.63, 3.8) is 0 Å². The number of hydrogen-bond donors (Lipinski definition) is 0. The van der Waals surface area contributed by atoms with E-state index in [9.17, 15) is 14.9 Å². The number of rotatable bonds is 5. The first kappa shape index (κ1) is 20.8. The molecule has 1 heterocycles.